The average molecular weight is 547 g/mol. The molecule has 0 radical (unpaired) electrons. The van der Waals surface area contributed by atoms with Crippen molar-refractivity contribution in [3.63, 3.8) is 0 Å². The molecule has 0 saturated carbocycles. The monoisotopic (exact) mass is 546 g/mol. The molecule has 6 aromatic rings. The average Bonchev–Trinajstić information content (AvgIpc) is 3.72. The number of rotatable bonds is 5. The van der Waals surface area contributed by atoms with E-state index in [0.717, 1.165) is 40.1 Å². The van der Waals surface area contributed by atoms with E-state index >= 15 is 4.39 Å². The molecular weight excluding hydrogens is 523 g/mol. The van der Waals surface area contributed by atoms with Crippen LogP contribution in [-0.4, -0.2) is 45.4 Å². The number of nitrogen functional groups attached to an aromatic ring is 1. The molecule has 0 fully saturated rings. The number of halogens is 1. The summed E-state index contributed by atoms with van der Waals surface area (Å²) in [6.07, 6.45) is 7.62. The van der Waals surface area contributed by atoms with Gasteiger partial charge in [0.25, 0.3) is 5.91 Å². The third-order valence-corrected chi connectivity index (χ3v) is 7.20. The van der Waals surface area contributed by atoms with Crippen molar-refractivity contribution in [2.24, 2.45) is 0 Å². The molecule has 3 N–H and O–H groups in total. The topological polar surface area (TPSA) is 142 Å². The Morgan fingerprint density at radius 2 is 1.90 bits per heavy atom. The third kappa shape index (κ3) is 4.25. The van der Waals surface area contributed by atoms with Crippen LogP contribution < -0.4 is 11.1 Å². The van der Waals surface area contributed by atoms with E-state index in [1.807, 2.05) is 41.8 Å². The molecule has 41 heavy (non-hydrogen) atoms. The number of hydrogen-bond acceptors (Lipinski definition) is 8. The number of amides is 1. The van der Waals surface area contributed by atoms with Gasteiger partial charge in [0, 0.05) is 29.8 Å². The summed E-state index contributed by atoms with van der Waals surface area (Å²) in [6.45, 7) is 1.88. The number of hydrogen-bond donors (Lipinski definition) is 2. The summed E-state index contributed by atoms with van der Waals surface area (Å²) in [5.41, 5.74) is 11.8. The van der Waals surface area contributed by atoms with Crippen LogP contribution in [0.15, 0.2) is 73.3 Å². The number of benzene rings is 1. The Morgan fingerprint density at radius 3 is 2.68 bits per heavy atom. The Bertz CT molecular complexity index is 1930. The summed E-state index contributed by atoms with van der Waals surface area (Å²) in [7, 11) is 0. The first kappa shape index (κ1) is 24.5. The molecule has 1 aliphatic rings. The summed E-state index contributed by atoms with van der Waals surface area (Å²) in [5, 5.41) is 11.2. The number of fused-ring (bicyclic) bond motifs is 2. The number of carbonyl (C=O) groups excluding carboxylic acids is 1. The minimum atomic E-state index is -0.611. The van der Waals surface area contributed by atoms with Gasteiger partial charge in [-0.25, -0.2) is 19.3 Å². The lowest BCUT2D eigenvalue weighted by atomic mass is 10.1. The van der Waals surface area contributed by atoms with Gasteiger partial charge in [-0.3, -0.25) is 14.3 Å². The van der Waals surface area contributed by atoms with Crippen molar-refractivity contribution in [1.82, 2.24) is 44.8 Å². The largest absolute Gasteiger partial charge is 0.383 e. The fourth-order valence-electron chi connectivity index (χ4n) is 5.21. The minimum Gasteiger partial charge on any atom is -0.383 e. The zero-order chi connectivity index (χ0) is 28.1. The molecule has 1 aromatic carbocycles. The molecule has 5 aromatic heterocycles. The quantitative estimate of drug-likeness (QED) is 0.332. The minimum absolute atomic E-state index is 0.0520. The summed E-state index contributed by atoms with van der Waals surface area (Å²) < 4.78 is 16.9. The van der Waals surface area contributed by atoms with Gasteiger partial charge in [-0.05, 0) is 67.3 Å². The van der Waals surface area contributed by atoms with Crippen LogP contribution in [0.2, 0.25) is 0 Å². The van der Waals surface area contributed by atoms with Gasteiger partial charge in [-0.15, -0.1) is 4.80 Å². The van der Waals surface area contributed by atoms with Gasteiger partial charge in [0.05, 0.1) is 29.6 Å². The zero-order valence-electron chi connectivity index (χ0n) is 21.9. The lowest BCUT2D eigenvalue weighted by Crippen LogP contribution is -2.27. The number of carbonyl (C=O) groups is 1. The highest BCUT2D eigenvalue weighted by Crippen LogP contribution is 2.36. The van der Waals surface area contributed by atoms with E-state index in [2.05, 4.69) is 30.5 Å². The lowest BCUT2D eigenvalue weighted by molar-refractivity contribution is 0.0936. The lowest BCUT2D eigenvalue weighted by Gasteiger charge is -2.16. The van der Waals surface area contributed by atoms with Crippen molar-refractivity contribution >= 4 is 22.9 Å². The van der Waals surface area contributed by atoms with Gasteiger partial charge in [0.1, 0.15) is 11.3 Å². The van der Waals surface area contributed by atoms with E-state index in [9.17, 15) is 4.79 Å². The highest BCUT2D eigenvalue weighted by Gasteiger charge is 2.27. The fourth-order valence-corrected chi connectivity index (χ4v) is 5.21. The van der Waals surface area contributed by atoms with Crippen molar-refractivity contribution in [3.8, 4) is 22.9 Å². The molecule has 0 aliphatic heterocycles. The van der Waals surface area contributed by atoms with Crippen molar-refractivity contribution in [2.75, 3.05) is 5.73 Å². The maximum atomic E-state index is 15.1. The highest BCUT2D eigenvalue weighted by atomic mass is 19.1. The van der Waals surface area contributed by atoms with Gasteiger partial charge < -0.3 is 11.1 Å². The second kappa shape index (κ2) is 9.59. The van der Waals surface area contributed by atoms with Gasteiger partial charge in [-0.1, -0.05) is 6.07 Å². The van der Waals surface area contributed by atoms with E-state index in [-0.39, 0.29) is 23.6 Å². The molecule has 5 heterocycles. The third-order valence-electron chi connectivity index (χ3n) is 7.20. The maximum Gasteiger partial charge on any atom is 0.253 e. The summed E-state index contributed by atoms with van der Waals surface area (Å²) in [4.78, 5) is 31.8. The normalized spacial score (nSPS) is 14.3. The smallest absolute Gasteiger partial charge is 0.253 e. The Balaban J connectivity index is 1.33. The number of imidazole rings is 1. The van der Waals surface area contributed by atoms with Crippen molar-refractivity contribution in [2.45, 2.75) is 25.8 Å². The number of anilines is 1. The Hall–Kier alpha value is -5.52. The first-order chi connectivity index (χ1) is 20.0. The predicted octanol–water partition coefficient (Wildman–Crippen LogP) is 3.91. The Morgan fingerprint density at radius 1 is 1.05 bits per heavy atom. The van der Waals surface area contributed by atoms with Crippen LogP contribution in [0, 0.1) is 12.7 Å². The van der Waals surface area contributed by atoms with Gasteiger partial charge >= 0.3 is 0 Å². The van der Waals surface area contributed by atoms with E-state index < -0.39 is 5.82 Å². The summed E-state index contributed by atoms with van der Waals surface area (Å²) in [6, 6.07) is 14.3. The van der Waals surface area contributed by atoms with E-state index in [1.54, 1.807) is 24.5 Å². The Kier molecular flexibility index (Phi) is 5.73. The molecule has 1 amide bonds. The van der Waals surface area contributed by atoms with Crippen LogP contribution in [0.1, 0.15) is 39.6 Å². The van der Waals surface area contributed by atoms with E-state index in [0.29, 0.717) is 28.1 Å². The van der Waals surface area contributed by atoms with Crippen LogP contribution in [0.5, 0.6) is 0 Å². The first-order valence-corrected chi connectivity index (χ1v) is 13.0. The van der Waals surface area contributed by atoms with Crippen molar-refractivity contribution < 1.29 is 9.18 Å². The molecule has 11 nitrogen and oxygen atoms in total. The standard InChI is InChI=1S/C29H23FN10O/c1-16-4-5-18(15-33-16)29(41)37-23-9-6-17-13-19(7-8-20(17)23)39-26(21-3-2-10-32-25(21)31)36-24-14-22(30)27(38-28(24)39)40-34-11-12-35-40/h2-5,7-8,10-15,23H,6,9H2,1H3,(H2,31,32)(H,37,41)/t23-/m0/s1. The molecule has 1 atom stereocenters. The number of nitrogens with zero attached hydrogens (tertiary/aromatic N) is 8. The summed E-state index contributed by atoms with van der Waals surface area (Å²) >= 11 is 0. The maximum absolute atomic E-state index is 15.1. The zero-order valence-corrected chi connectivity index (χ0v) is 21.9. The molecule has 0 spiro atoms. The number of nitrogens with two attached hydrogens (primary N) is 1. The fraction of sp³-hybridized carbons (Fsp3) is 0.138. The number of nitrogens with one attached hydrogen (secondary N) is 1. The van der Waals surface area contributed by atoms with Gasteiger partial charge in [-0.2, -0.15) is 10.2 Å². The van der Waals surface area contributed by atoms with Crippen LogP contribution in [0.4, 0.5) is 10.2 Å². The molecule has 0 unspecified atom stereocenters. The SMILES string of the molecule is Cc1ccc(C(=O)N[C@H]2CCc3cc(-n4c(-c5cccnc5N)nc5cc(F)c(-n6nccn6)nc54)ccc32)cn1. The van der Waals surface area contributed by atoms with Crippen LogP contribution >= 0.6 is 0 Å². The molecule has 1 aliphatic carbocycles. The molecule has 0 bridgehead atoms. The molecular formula is C29H23FN10O. The molecule has 0 saturated heterocycles. The first-order valence-electron chi connectivity index (χ1n) is 13.0. The van der Waals surface area contributed by atoms with Gasteiger partial charge in [0.2, 0.25) is 5.82 Å². The Labute approximate surface area is 232 Å². The number of aromatic nitrogens is 8. The highest BCUT2D eigenvalue weighted by molar-refractivity contribution is 5.94. The van der Waals surface area contributed by atoms with Gasteiger partial charge in [0.15, 0.2) is 17.3 Å². The molecule has 202 valence electrons. The van der Waals surface area contributed by atoms with Crippen LogP contribution in [-0.2, 0) is 6.42 Å². The van der Waals surface area contributed by atoms with Crippen molar-refractivity contribution in [1.29, 1.82) is 0 Å². The second-order valence-electron chi connectivity index (χ2n) is 9.80. The van der Waals surface area contributed by atoms with E-state index in [4.69, 9.17) is 10.7 Å². The molecule has 12 heteroatoms. The molecule has 7 rings (SSSR count). The predicted molar refractivity (Wildman–Crippen MR) is 149 cm³/mol. The van der Waals surface area contributed by atoms with E-state index in [1.165, 1.54) is 18.5 Å². The van der Waals surface area contributed by atoms with Crippen molar-refractivity contribution in [3.05, 3.63) is 102 Å². The number of aryl methyl sites for hydroxylation is 2. The second-order valence-corrected chi connectivity index (χ2v) is 9.80. The van der Waals surface area contributed by atoms with Crippen LogP contribution in [0.3, 0.4) is 0 Å². The van der Waals surface area contributed by atoms with Crippen LogP contribution in [0.25, 0.3) is 34.1 Å². The summed E-state index contributed by atoms with van der Waals surface area (Å²) in [5.74, 6) is -0.0737. The number of pyridine rings is 3.